The molecule has 0 spiro atoms. The van der Waals surface area contributed by atoms with Crippen LogP contribution in [0.15, 0.2) is 18.2 Å². The van der Waals surface area contributed by atoms with E-state index in [1.807, 2.05) is 18.2 Å². The lowest BCUT2D eigenvalue weighted by Gasteiger charge is -2.08. The van der Waals surface area contributed by atoms with Gasteiger partial charge < -0.3 is 10.1 Å². The van der Waals surface area contributed by atoms with E-state index in [0.717, 1.165) is 44.1 Å². The van der Waals surface area contributed by atoms with Crippen LogP contribution in [0, 0.1) is 5.92 Å². The zero-order valence-corrected chi connectivity index (χ0v) is 11.2. The van der Waals surface area contributed by atoms with Crippen LogP contribution in [0.4, 0.5) is 0 Å². The SMILES string of the molecule is CCCNCc1cccc(OCCC(C)C)n1. The molecule has 0 aliphatic carbocycles. The zero-order valence-electron chi connectivity index (χ0n) is 11.2. The topological polar surface area (TPSA) is 34.1 Å². The number of hydrogen-bond donors (Lipinski definition) is 1. The smallest absolute Gasteiger partial charge is 0.213 e. The third-order valence-corrected chi connectivity index (χ3v) is 2.46. The lowest BCUT2D eigenvalue weighted by Crippen LogP contribution is -2.15. The number of ether oxygens (including phenoxy) is 1. The summed E-state index contributed by atoms with van der Waals surface area (Å²) in [6.45, 7) is 9.14. The monoisotopic (exact) mass is 236 g/mol. The third kappa shape index (κ3) is 6.27. The summed E-state index contributed by atoms with van der Waals surface area (Å²) < 4.78 is 5.62. The largest absolute Gasteiger partial charge is 0.478 e. The van der Waals surface area contributed by atoms with Crippen molar-refractivity contribution in [3.63, 3.8) is 0 Å². The van der Waals surface area contributed by atoms with Crippen LogP contribution in [0.2, 0.25) is 0 Å². The Hall–Kier alpha value is -1.09. The highest BCUT2D eigenvalue weighted by atomic mass is 16.5. The van der Waals surface area contributed by atoms with Crippen LogP contribution < -0.4 is 10.1 Å². The lowest BCUT2D eigenvalue weighted by molar-refractivity contribution is 0.278. The molecular formula is C14H24N2O. The van der Waals surface area contributed by atoms with Gasteiger partial charge in [0, 0.05) is 12.6 Å². The Morgan fingerprint density at radius 2 is 2.18 bits per heavy atom. The van der Waals surface area contributed by atoms with Gasteiger partial charge in [0.25, 0.3) is 0 Å². The summed E-state index contributed by atoms with van der Waals surface area (Å²) in [5.74, 6) is 1.41. The predicted octanol–water partition coefficient (Wildman–Crippen LogP) is 3.01. The molecule has 0 aliphatic heterocycles. The summed E-state index contributed by atoms with van der Waals surface area (Å²) in [5.41, 5.74) is 1.04. The Morgan fingerprint density at radius 3 is 2.88 bits per heavy atom. The molecule has 3 heteroatoms. The molecule has 17 heavy (non-hydrogen) atoms. The molecule has 1 N–H and O–H groups in total. The number of hydrogen-bond acceptors (Lipinski definition) is 3. The van der Waals surface area contributed by atoms with Gasteiger partial charge in [-0.25, -0.2) is 4.98 Å². The van der Waals surface area contributed by atoms with Crippen LogP contribution >= 0.6 is 0 Å². The Labute approximate surface area is 105 Å². The fraction of sp³-hybridized carbons (Fsp3) is 0.643. The summed E-state index contributed by atoms with van der Waals surface area (Å²) in [5, 5.41) is 3.33. The van der Waals surface area contributed by atoms with Crippen molar-refractivity contribution in [2.75, 3.05) is 13.2 Å². The average molecular weight is 236 g/mol. The highest BCUT2D eigenvalue weighted by Crippen LogP contribution is 2.09. The molecule has 1 heterocycles. The first-order chi connectivity index (χ1) is 8.22. The molecule has 96 valence electrons. The third-order valence-electron chi connectivity index (χ3n) is 2.46. The van der Waals surface area contributed by atoms with Gasteiger partial charge in [0.15, 0.2) is 0 Å². The van der Waals surface area contributed by atoms with E-state index in [2.05, 4.69) is 31.1 Å². The van der Waals surface area contributed by atoms with Gasteiger partial charge in [-0.15, -0.1) is 0 Å². The molecule has 0 amide bonds. The summed E-state index contributed by atoms with van der Waals surface area (Å²) in [4.78, 5) is 4.46. The predicted molar refractivity (Wildman–Crippen MR) is 71.2 cm³/mol. The van der Waals surface area contributed by atoms with Crippen LogP contribution in [-0.4, -0.2) is 18.1 Å². The number of nitrogens with zero attached hydrogens (tertiary/aromatic N) is 1. The molecule has 0 radical (unpaired) electrons. The van der Waals surface area contributed by atoms with Gasteiger partial charge in [-0.05, 0) is 31.4 Å². The number of nitrogens with one attached hydrogen (secondary N) is 1. The van der Waals surface area contributed by atoms with Gasteiger partial charge in [0.1, 0.15) is 0 Å². The molecule has 3 nitrogen and oxygen atoms in total. The quantitative estimate of drug-likeness (QED) is 0.705. The van der Waals surface area contributed by atoms with Gasteiger partial charge in [-0.1, -0.05) is 26.8 Å². The minimum Gasteiger partial charge on any atom is -0.478 e. The van der Waals surface area contributed by atoms with Crippen molar-refractivity contribution in [1.29, 1.82) is 0 Å². The minimum atomic E-state index is 0.671. The molecule has 0 saturated carbocycles. The van der Waals surface area contributed by atoms with E-state index >= 15 is 0 Å². The molecule has 1 aromatic heterocycles. The second-order valence-electron chi connectivity index (χ2n) is 4.67. The number of rotatable bonds is 8. The first kappa shape index (κ1) is 14.0. The first-order valence-corrected chi connectivity index (χ1v) is 6.51. The highest BCUT2D eigenvalue weighted by molar-refractivity contribution is 5.15. The van der Waals surface area contributed by atoms with Crippen LogP contribution in [0.5, 0.6) is 5.88 Å². The first-order valence-electron chi connectivity index (χ1n) is 6.51. The Kier molecular flexibility index (Phi) is 6.63. The van der Waals surface area contributed by atoms with E-state index in [-0.39, 0.29) is 0 Å². The normalized spacial score (nSPS) is 10.8. The van der Waals surface area contributed by atoms with E-state index in [1.165, 1.54) is 0 Å². The summed E-state index contributed by atoms with van der Waals surface area (Å²) in [7, 11) is 0. The van der Waals surface area contributed by atoms with Crippen molar-refractivity contribution < 1.29 is 4.74 Å². The highest BCUT2D eigenvalue weighted by Gasteiger charge is 1.99. The maximum atomic E-state index is 5.62. The van der Waals surface area contributed by atoms with Crippen molar-refractivity contribution in [1.82, 2.24) is 10.3 Å². The summed E-state index contributed by atoms with van der Waals surface area (Å²) >= 11 is 0. The van der Waals surface area contributed by atoms with Gasteiger partial charge in [0.05, 0.1) is 12.3 Å². The molecule has 1 rings (SSSR count). The van der Waals surface area contributed by atoms with Gasteiger partial charge in [0.2, 0.25) is 5.88 Å². The number of aromatic nitrogens is 1. The van der Waals surface area contributed by atoms with E-state index in [0.29, 0.717) is 5.92 Å². The van der Waals surface area contributed by atoms with Crippen LogP contribution in [-0.2, 0) is 6.54 Å². The fourth-order valence-electron chi connectivity index (χ4n) is 1.43. The minimum absolute atomic E-state index is 0.671. The fourth-order valence-corrected chi connectivity index (χ4v) is 1.43. The Bertz CT molecular complexity index is 313. The Balaban J connectivity index is 2.37. The summed E-state index contributed by atoms with van der Waals surface area (Å²) in [6, 6.07) is 5.95. The molecule has 1 aromatic rings. The number of pyridine rings is 1. The molecule has 0 bridgehead atoms. The van der Waals surface area contributed by atoms with E-state index in [4.69, 9.17) is 4.74 Å². The van der Waals surface area contributed by atoms with Crippen molar-refractivity contribution >= 4 is 0 Å². The molecule has 0 fully saturated rings. The maximum absolute atomic E-state index is 5.62. The average Bonchev–Trinajstić information content (AvgIpc) is 2.29. The van der Waals surface area contributed by atoms with Crippen molar-refractivity contribution in [2.45, 2.75) is 40.2 Å². The molecule has 0 saturated heterocycles. The van der Waals surface area contributed by atoms with Crippen LogP contribution in [0.1, 0.15) is 39.3 Å². The van der Waals surface area contributed by atoms with Gasteiger partial charge >= 0.3 is 0 Å². The van der Waals surface area contributed by atoms with E-state index < -0.39 is 0 Å². The zero-order chi connectivity index (χ0) is 12.5. The van der Waals surface area contributed by atoms with Crippen molar-refractivity contribution in [2.24, 2.45) is 5.92 Å². The Morgan fingerprint density at radius 1 is 1.35 bits per heavy atom. The van der Waals surface area contributed by atoms with Crippen LogP contribution in [0.25, 0.3) is 0 Å². The van der Waals surface area contributed by atoms with E-state index in [9.17, 15) is 0 Å². The molecule has 0 unspecified atom stereocenters. The van der Waals surface area contributed by atoms with E-state index in [1.54, 1.807) is 0 Å². The molecule has 0 aliphatic rings. The standard InChI is InChI=1S/C14H24N2O/c1-4-9-15-11-13-6-5-7-14(16-13)17-10-8-12(2)3/h5-7,12,15H,4,8-11H2,1-3H3. The molecular weight excluding hydrogens is 212 g/mol. The second-order valence-corrected chi connectivity index (χ2v) is 4.67. The second kappa shape index (κ2) is 8.07. The molecule has 0 atom stereocenters. The lowest BCUT2D eigenvalue weighted by atomic mass is 10.1. The molecule has 0 aromatic carbocycles. The van der Waals surface area contributed by atoms with Gasteiger partial charge in [-0.3, -0.25) is 0 Å². The van der Waals surface area contributed by atoms with Gasteiger partial charge in [-0.2, -0.15) is 0 Å². The maximum Gasteiger partial charge on any atom is 0.213 e. The van der Waals surface area contributed by atoms with Crippen molar-refractivity contribution in [3.05, 3.63) is 23.9 Å². The van der Waals surface area contributed by atoms with Crippen LogP contribution in [0.3, 0.4) is 0 Å². The summed E-state index contributed by atoms with van der Waals surface area (Å²) in [6.07, 6.45) is 2.21. The van der Waals surface area contributed by atoms with Crippen molar-refractivity contribution in [3.8, 4) is 5.88 Å².